The molecule has 3 aromatic rings. The van der Waals surface area contributed by atoms with Crippen molar-refractivity contribution in [2.75, 3.05) is 23.3 Å². The van der Waals surface area contributed by atoms with E-state index in [1.54, 1.807) is 6.20 Å². The van der Waals surface area contributed by atoms with E-state index in [0.29, 0.717) is 5.95 Å². The minimum Gasteiger partial charge on any atom is -0.355 e. The molecule has 2 aromatic carbocycles. The van der Waals surface area contributed by atoms with E-state index in [9.17, 15) is 0 Å². The van der Waals surface area contributed by atoms with Gasteiger partial charge in [-0.1, -0.05) is 48.5 Å². The highest BCUT2D eigenvalue weighted by molar-refractivity contribution is 5.58. The van der Waals surface area contributed by atoms with Crippen molar-refractivity contribution in [2.45, 2.75) is 26.2 Å². The van der Waals surface area contributed by atoms with Crippen molar-refractivity contribution in [3.05, 3.63) is 71.9 Å². The molecule has 4 rings (SSSR count). The molecule has 138 valence electrons. The lowest BCUT2D eigenvalue weighted by molar-refractivity contribution is 0.402. The molecule has 0 spiro atoms. The standard InChI is InChI=1S/C22H25N5/c1-17-7-5-6-10-20(17)24-22-25-21(16-23-26-22)27-13-11-19(12-14-27)15-18-8-3-2-4-9-18/h2-10,16,19H,11-15H2,1H3,(H,24,25,26). The van der Waals surface area contributed by atoms with Gasteiger partial charge in [-0.15, -0.1) is 5.10 Å². The second kappa shape index (κ2) is 8.16. The minimum absolute atomic E-state index is 0.549. The van der Waals surface area contributed by atoms with Gasteiger partial charge in [-0.05, 0) is 49.3 Å². The van der Waals surface area contributed by atoms with E-state index in [1.165, 1.54) is 18.4 Å². The summed E-state index contributed by atoms with van der Waals surface area (Å²) in [4.78, 5) is 7.00. The van der Waals surface area contributed by atoms with Crippen LogP contribution in [-0.2, 0) is 6.42 Å². The number of benzene rings is 2. The second-order valence-corrected chi connectivity index (χ2v) is 7.20. The molecule has 0 aliphatic carbocycles. The first kappa shape index (κ1) is 17.5. The first-order valence-electron chi connectivity index (χ1n) is 9.59. The summed E-state index contributed by atoms with van der Waals surface area (Å²) in [7, 11) is 0. The lowest BCUT2D eigenvalue weighted by Crippen LogP contribution is -2.35. The second-order valence-electron chi connectivity index (χ2n) is 7.20. The van der Waals surface area contributed by atoms with Crippen molar-refractivity contribution in [2.24, 2.45) is 5.92 Å². The van der Waals surface area contributed by atoms with Crippen molar-refractivity contribution in [3.63, 3.8) is 0 Å². The number of anilines is 3. The molecular weight excluding hydrogens is 334 g/mol. The predicted octanol–water partition coefficient (Wildman–Crippen LogP) is 4.38. The van der Waals surface area contributed by atoms with Gasteiger partial charge in [0.05, 0.1) is 6.20 Å². The van der Waals surface area contributed by atoms with Gasteiger partial charge in [0.25, 0.3) is 0 Å². The predicted molar refractivity (Wildman–Crippen MR) is 109 cm³/mol. The summed E-state index contributed by atoms with van der Waals surface area (Å²) in [5.41, 5.74) is 3.61. The summed E-state index contributed by atoms with van der Waals surface area (Å²) in [6, 6.07) is 18.9. The third kappa shape index (κ3) is 4.42. The van der Waals surface area contributed by atoms with E-state index in [1.807, 2.05) is 18.2 Å². The van der Waals surface area contributed by atoms with E-state index in [0.717, 1.165) is 42.5 Å². The Morgan fingerprint density at radius 1 is 1.00 bits per heavy atom. The molecule has 5 nitrogen and oxygen atoms in total. The van der Waals surface area contributed by atoms with E-state index in [2.05, 4.69) is 68.7 Å². The normalized spacial score (nSPS) is 14.9. The molecule has 0 radical (unpaired) electrons. The van der Waals surface area contributed by atoms with Crippen LogP contribution in [0.15, 0.2) is 60.8 Å². The van der Waals surface area contributed by atoms with E-state index >= 15 is 0 Å². The molecule has 0 atom stereocenters. The van der Waals surface area contributed by atoms with Gasteiger partial charge in [-0.25, -0.2) is 0 Å². The molecule has 0 bridgehead atoms. The Morgan fingerprint density at radius 2 is 1.74 bits per heavy atom. The quantitative estimate of drug-likeness (QED) is 0.732. The molecule has 2 heterocycles. The zero-order valence-corrected chi connectivity index (χ0v) is 15.7. The summed E-state index contributed by atoms with van der Waals surface area (Å²) < 4.78 is 0. The molecule has 1 fully saturated rings. The lowest BCUT2D eigenvalue weighted by atomic mass is 9.90. The maximum atomic E-state index is 4.68. The Labute approximate surface area is 160 Å². The summed E-state index contributed by atoms with van der Waals surface area (Å²) in [6.45, 7) is 4.09. The van der Waals surface area contributed by atoms with Gasteiger partial charge in [-0.3, -0.25) is 0 Å². The molecule has 0 saturated carbocycles. The van der Waals surface area contributed by atoms with Crippen LogP contribution in [0, 0.1) is 12.8 Å². The topological polar surface area (TPSA) is 53.9 Å². The molecule has 1 aliphatic rings. The Balaban J connectivity index is 1.38. The molecule has 0 unspecified atom stereocenters. The average molecular weight is 359 g/mol. The monoisotopic (exact) mass is 359 g/mol. The number of aromatic nitrogens is 3. The number of rotatable bonds is 5. The summed E-state index contributed by atoms with van der Waals surface area (Å²) in [5, 5.41) is 11.6. The largest absolute Gasteiger partial charge is 0.355 e. The van der Waals surface area contributed by atoms with Crippen molar-refractivity contribution < 1.29 is 0 Å². The van der Waals surface area contributed by atoms with Crippen molar-refractivity contribution in [1.29, 1.82) is 0 Å². The first-order valence-corrected chi connectivity index (χ1v) is 9.59. The molecule has 1 aromatic heterocycles. The van der Waals surface area contributed by atoms with Gasteiger partial charge >= 0.3 is 0 Å². The number of hydrogen-bond donors (Lipinski definition) is 1. The highest BCUT2D eigenvalue weighted by Crippen LogP contribution is 2.25. The average Bonchev–Trinajstić information content (AvgIpc) is 2.71. The summed E-state index contributed by atoms with van der Waals surface area (Å²) in [6.07, 6.45) is 5.29. The number of hydrogen-bond acceptors (Lipinski definition) is 5. The maximum Gasteiger partial charge on any atom is 0.249 e. The van der Waals surface area contributed by atoms with Gasteiger partial charge < -0.3 is 10.2 Å². The fraction of sp³-hybridized carbons (Fsp3) is 0.318. The molecule has 5 heteroatoms. The number of piperidine rings is 1. The highest BCUT2D eigenvalue weighted by Gasteiger charge is 2.21. The fourth-order valence-corrected chi connectivity index (χ4v) is 3.65. The fourth-order valence-electron chi connectivity index (χ4n) is 3.65. The van der Waals surface area contributed by atoms with Crippen LogP contribution in [0.2, 0.25) is 0 Å². The minimum atomic E-state index is 0.549. The van der Waals surface area contributed by atoms with E-state index < -0.39 is 0 Å². The zero-order valence-electron chi connectivity index (χ0n) is 15.7. The summed E-state index contributed by atoms with van der Waals surface area (Å²) >= 11 is 0. The Bertz CT molecular complexity index is 873. The number of aryl methyl sites for hydroxylation is 1. The smallest absolute Gasteiger partial charge is 0.249 e. The van der Waals surface area contributed by atoms with E-state index in [4.69, 9.17) is 0 Å². The maximum absolute atomic E-state index is 4.68. The van der Waals surface area contributed by atoms with Crippen molar-refractivity contribution in [3.8, 4) is 0 Å². The molecule has 1 aliphatic heterocycles. The van der Waals surface area contributed by atoms with Gasteiger partial charge in [0.2, 0.25) is 5.95 Å². The van der Waals surface area contributed by atoms with Crippen LogP contribution in [-0.4, -0.2) is 28.3 Å². The van der Waals surface area contributed by atoms with Crippen LogP contribution < -0.4 is 10.2 Å². The van der Waals surface area contributed by atoms with Gasteiger partial charge in [0, 0.05) is 18.8 Å². The third-order valence-electron chi connectivity index (χ3n) is 5.24. The van der Waals surface area contributed by atoms with Gasteiger partial charge in [-0.2, -0.15) is 10.1 Å². The van der Waals surface area contributed by atoms with Crippen LogP contribution in [0.25, 0.3) is 0 Å². The summed E-state index contributed by atoms with van der Waals surface area (Å²) in [5.74, 6) is 2.19. The number of nitrogens with one attached hydrogen (secondary N) is 1. The van der Waals surface area contributed by atoms with Crippen LogP contribution in [0.5, 0.6) is 0 Å². The van der Waals surface area contributed by atoms with Crippen molar-refractivity contribution in [1.82, 2.24) is 15.2 Å². The van der Waals surface area contributed by atoms with Gasteiger partial charge in [0.1, 0.15) is 0 Å². The molecular formula is C22H25N5. The Hall–Kier alpha value is -2.95. The molecule has 27 heavy (non-hydrogen) atoms. The van der Waals surface area contributed by atoms with Gasteiger partial charge in [0.15, 0.2) is 5.82 Å². The molecule has 1 N–H and O–H groups in total. The lowest BCUT2D eigenvalue weighted by Gasteiger charge is -2.32. The van der Waals surface area contributed by atoms with Crippen LogP contribution in [0.4, 0.5) is 17.5 Å². The molecule has 0 amide bonds. The Kier molecular flexibility index (Phi) is 5.28. The van der Waals surface area contributed by atoms with Crippen LogP contribution in [0.3, 0.4) is 0 Å². The highest BCUT2D eigenvalue weighted by atomic mass is 15.3. The van der Waals surface area contributed by atoms with Crippen molar-refractivity contribution >= 4 is 17.5 Å². The first-order chi connectivity index (χ1) is 13.3. The Morgan fingerprint density at radius 3 is 2.52 bits per heavy atom. The van der Waals surface area contributed by atoms with E-state index in [-0.39, 0.29) is 0 Å². The third-order valence-corrected chi connectivity index (χ3v) is 5.24. The van der Waals surface area contributed by atoms with Crippen LogP contribution in [0.1, 0.15) is 24.0 Å². The number of nitrogens with zero attached hydrogens (tertiary/aromatic N) is 4. The number of para-hydroxylation sites is 1. The SMILES string of the molecule is Cc1ccccc1Nc1nncc(N2CCC(Cc3ccccc3)CC2)n1. The zero-order chi connectivity index (χ0) is 18.5. The van der Waals surface area contributed by atoms with Crippen LogP contribution >= 0.6 is 0 Å². The molecule has 1 saturated heterocycles.